The van der Waals surface area contributed by atoms with Crippen LogP contribution in [0.3, 0.4) is 0 Å². The summed E-state index contributed by atoms with van der Waals surface area (Å²) in [6.07, 6.45) is -0.628. The van der Waals surface area contributed by atoms with Gasteiger partial charge in [0.25, 0.3) is 0 Å². The van der Waals surface area contributed by atoms with Crippen LogP contribution in [-0.4, -0.2) is 51.3 Å². The molecule has 1 heterocycles. The van der Waals surface area contributed by atoms with Crippen molar-refractivity contribution in [2.45, 2.75) is 0 Å². The second-order valence-electron chi connectivity index (χ2n) is 3.52. The standard InChI is InChI=1S/C11H14O8/c1-2-9(12)15-3-4-16-10(13)17-5-8-6-18-11(14)19-7-8/h2,8H,1,3-7H2. The van der Waals surface area contributed by atoms with Crippen molar-refractivity contribution in [2.24, 2.45) is 5.92 Å². The lowest BCUT2D eigenvalue weighted by Crippen LogP contribution is -2.31. The molecule has 1 aliphatic rings. The molecule has 1 saturated heterocycles. The normalized spacial score (nSPS) is 14.8. The highest BCUT2D eigenvalue weighted by atomic mass is 16.7. The SMILES string of the molecule is C=CC(=O)OCCOC(=O)OCC1COC(=O)OC1. The van der Waals surface area contributed by atoms with E-state index in [0.29, 0.717) is 0 Å². The van der Waals surface area contributed by atoms with E-state index in [2.05, 4.69) is 25.5 Å². The number of cyclic esters (lactones) is 2. The lowest BCUT2D eigenvalue weighted by Gasteiger charge is -2.20. The van der Waals surface area contributed by atoms with Crippen molar-refractivity contribution < 1.29 is 38.1 Å². The summed E-state index contributed by atoms with van der Waals surface area (Å²) in [5.74, 6) is -0.818. The number of ether oxygens (including phenoxy) is 5. The van der Waals surface area contributed by atoms with E-state index < -0.39 is 18.3 Å². The van der Waals surface area contributed by atoms with E-state index in [-0.39, 0.29) is 39.0 Å². The predicted molar refractivity (Wildman–Crippen MR) is 59.2 cm³/mol. The van der Waals surface area contributed by atoms with E-state index in [1.54, 1.807) is 0 Å². The fourth-order valence-corrected chi connectivity index (χ4v) is 1.11. The van der Waals surface area contributed by atoms with Gasteiger partial charge in [-0.15, -0.1) is 0 Å². The number of carbonyl (C=O) groups is 3. The zero-order valence-electron chi connectivity index (χ0n) is 10.2. The summed E-state index contributed by atoms with van der Waals surface area (Å²) in [5, 5.41) is 0. The van der Waals surface area contributed by atoms with Crippen LogP contribution in [-0.2, 0) is 28.5 Å². The molecule has 0 aromatic rings. The molecule has 0 saturated carbocycles. The first-order valence-electron chi connectivity index (χ1n) is 5.50. The van der Waals surface area contributed by atoms with Gasteiger partial charge < -0.3 is 23.7 Å². The molecule has 0 radical (unpaired) electrons. The molecule has 0 bridgehead atoms. The Morgan fingerprint density at radius 1 is 1.21 bits per heavy atom. The first kappa shape index (κ1) is 14.8. The second-order valence-corrected chi connectivity index (χ2v) is 3.52. The molecule has 0 unspecified atom stereocenters. The summed E-state index contributed by atoms with van der Waals surface area (Å²) in [4.78, 5) is 32.3. The Hall–Kier alpha value is -2.25. The molecule has 0 aromatic heterocycles. The fourth-order valence-electron chi connectivity index (χ4n) is 1.11. The molecule has 0 aromatic carbocycles. The minimum atomic E-state index is -0.897. The average molecular weight is 274 g/mol. The van der Waals surface area contributed by atoms with Crippen LogP contribution in [0.15, 0.2) is 12.7 Å². The molecule has 8 nitrogen and oxygen atoms in total. The number of hydrogen-bond donors (Lipinski definition) is 0. The highest BCUT2D eigenvalue weighted by Crippen LogP contribution is 2.08. The highest BCUT2D eigenvalue weighted by molar-refractivity contribution is 5.81. The first-order chi connectivity index (χ1) is 9.11. The monoisotopic (exact) mass is 274 g/mol. The summed E-state index contributed by atoms with van der Waals surface area (Å²) in [6.45, 7) is 3.28. The molecule has 1 fully saturated rings. The largest absolute Gasteiger partial charge is 0.508 e. The van der Waals surface area contributed by atoms with Crippen molar-refractivity contribution in [1.82, 2.24) is 0 Å². The quantitative estimate of drug-likeness (QED) is 0.301. The maximum Gasteiger partial charge on any atom is 0.508 e. The molecular formula is C11H14O8. The molecular weight excluding hydrogens is 260 g/mol. The number of hydrogen-bond acceptors (Lipinski definition) is 8. The van der Waals surface area contributed by atoms with E-state index in [0.717, 1.165) is 6.08 Å². The molecule has 1 rings (SSSR count). The van der Waals surface area contributed by atoms with Crippen molar-refractivity contribution in [3.05, 3.63) is 12.7 Å². The molecule has 0 atom stereocenters. The molecule has 8 heteroatoms. The van der Waals surface area contributed by atoms with Crippen molar-refractivity contribution in [1.29, 1.82) is 0 Å². The smallest absolute Gasteiger partial charge is 0.459 e. The van der Waals surface area contributed by atoms with Crippen molar-refractivity contribution in [3.8, 4) is 0 Å². The summed E-state index contributed by atoms with van der Waals surface area (Å²) in [6, 6.07) is 0. The Morgan fingerprint density at radius 2 is 1.84 bits per heavy atom. The average Bonchev–Trinajstić information content (AvgIpc) is 2.42. The maximum absolute atomic E-state index is 11.1. The number of carbonyl (C=O) groups excluding carboxylic acids is 3. The van der Waals surface area contributed by atoms with Crippen LogP contribution in [0.25, 0.3) is 0 Å². The van der Waals surface area contributed by atoms with Crippen LogP contribution >= 0.6 is 0 Å². The second kappa shape index (κ2) is 7.96. The molecule has 0 N–H and O–H groups in total. The van der Waals surface area contributed by atoms with Crippen molar-refractivity contribution in [2.75, 3.05) is 33.0 Å². The van der Waals surface area contributed by atoms with E-state index >= 15 is 0 Å². The van der Waals surface area contributed by atoms with Crippen LogP contribution in [0.2, 0.25) is 0 Å². The Bertz CT molecular complexity index is 341. The van der Waals surface area contributed by atoms with Gasteiger partial charge in [0.15, 0.2) is 0 Å². The zero-order chi connectivity index (χ0) is 14.1. The van der Waals surface area contributed by atoms with E-state index in [1.807, 2.05) is 0 Å². The molecule has 106 valence electrons. The van der Waals surface area contributed by atoms with Gasteiger partial charge in [-0.1, -0.05) is 6.58 Å². The van der Waals surface area contributed by atoms with Crippen LogP contribution in [0, 0.1) is 5.92 Å². The molecule has 0 aliphatic carbocycles. The van der Waals surface area contributed by atoms with Gasteiger partial charge in [0.1, 0.15) is 33.0 Å². The third-order valence-corrected chi connectivity index (χ3v) is 2.02. The topological polar surface area (TPSA) is 97.4 Å². The molecule has 0 amide bonds. The van der Waals surface area contributed by atoms with Crippen LogP contribution in [0.4, 0.5) is 9.59 Å². The van der Waals surface area contributed by atoms with Crippen molar-refractivity contribution >= 4 is 18.3 Å². The Labute approximate surface area is 109 Å². The van der Waals surface area contributed by atoms with Crippen LogP contribution in [0.1, 0.15) is 0 Å². The van der Waals surface area contributed by atoms with Gasteiger partial charge in [0.05, 0.1) is 5.92 Å². The lowest BCUT2D eigenvalue weighted by molar-refractivity contribution is -0.139. The van der Waals surface area contributed by atoms with Gasteiger partial charge in [-0.2, -0.15) is 0 Å². The molecule has 19 heavy (non-hydrogen) atoms. The summed E-state index contributed by atoms with van der Waals surface area (Å²) < 4.78 is 23.2. The van der Waals surface area contributed by atoms with Gasteiger partial charge >= 0.3 is 18.3 Å². The third kappa shape index (κ3) is 6.29. The zero-order valence-corrected chi connectivity index (χ0v) is 10.2. The summed E-state index contributed by atoms with van der Waals surface area (Å²) >= 11 is 0. The predicted octanol–water partition coefficient (Wildman–Crippen LogP) is 0.652. The Kier molecular flexibility index (Phi) is 6.20. The van der Waals surface area contributed by atoms with Gasteiger partial charge in [0, 0.05) is 6.08 Å². The molecule has 1 aliphatic heterocycles. The van der Waals surface area contributed by atoms with Crippen LogP contribution in [0.5, 0.6) is 0 Å². The minimum Gasteiger partial charge on any atom is -0.459 e. The number of rotatable bonds is 6. The van der Waals surface area contributed by atoms with Crippen LogP contribution < -0.4 is 0 Å². The highest BCUT2D eigenvalue weighted by Gasteiger charge is 2.22. The van der Waals surface area contributed by atoms with Gasteiger partial charge in [-0.05, 0) is 0 Å². The van der Waals surface area contributed by atoms with E-state index in [1.165, 1.54) is 0 Å². The lowest BCUT2D eigenvalue weighted by atomic mass is 10.2. The number of esters is 1. The third-order valence-electron chi connectivity index (χ3n) is 2.02. The minimum absolute atomic E-state index is 0.0125. The van der Waals surface area contributed by atoms with Gasteiger partial charge in [-0.3, -0.25) is 0 Å². The maximum atomic E-state index is 11.1. The van der Waals surface area contributed by atoms with E-state index in [4.69, 9.17) is 4.74 Å². The van der Waals surface area contributed by atoms with Gasteiger partial charge in [-0.25, -0.2) is 14.4 Å². The first-order valence-corrected chi connectivity index (χ1v) is 5.50. The summed E-state index contributed by atoms with van der Waals surface area (Å²) in [7, 11) is 0. The Balaban J connectivity index is 2.03. The fraction of sp³-hybridized carbons (Fsp3) is 0.545. The molecule has 0 spiro atoms. The van der Waals surface area contributed by atoms with Crippen molar-refractivity contribution in [3.63, 3.8) is 0 Å². The van der Waals surface area contributed by atoms with E-state index in [9.17, 15) is 14.4 Å². The van der Waals surface area contributed by atoms with Gasteiger partial charge in [0.2, 0.25) is 0 Å². The Morgan fingerprint density at radius 3 is 2.47 bits per heavy atom. The summed E-state index contributed by atoms with van der Waals surface area (Å²) in [5.41, 5.74) is 0.